The fourth-order valence-electron chi connectivity index (χ4n) is 4.26. The minimum atomic E-state index is -4.67. The van der Waals surface area contributed by atoms with Crippen LogP contribution >= 0.6 is 0 Å². The maximum Gasteiger partial charge on any atom is 0.417 e. The Morgan fingerprint density at radius 3 is 2.25 bits per heavy atom. The predicted octanol–water partition coefficient (Wildman–Crippen LogP) is 5.91. The summed E-state index contributed by atoms with van der Waals surface area (Å²) in [6.07, 6.45) is -5.42. The average molecular weight is 555 g/mol. The summed E-state index contributed by atoms with van der Waals surface area (Å²) in [4.78, 5) is 32.1. The van der Waals surface area contributed by atoms with E-state index in [1.54, 1.807) is 23.1 Å². The number of hydrogen-bond acceptors (Lipinski definition) is 7. The molecule has 0 saturated carbocycles. The van der Waals surface area contributed by atoms with Crippen LogP contribution in [0.5, 0.6) is 0 Å². The fraction of sp³-hybridized carbons (Fsp3) is 0.357. The summed E-state index contributed by atoms with van der Waals surface area (Å²) in [5, 5.41) is 13.8. The normalized spacial score (nSPS) is 14.0. The molecular weight excluding hydrogens is 525 g/mol. The number of pyridine rings is 1. The Labute approximate surface area is 229 Å². The quantitative estimate of drug-likeness (QED) is 0.404. The number of rotatable bonds is 5. The van der Waals surface area contributed by atoms with Crippen LogP contribution in [0.15, 0.2) is 48.5 Å². The van der Waals surface area contributed by atoms with E-state index in [-0.39, 0.29) is 28.5 Å². The lowest BCUT2D eigenvalue weighted by Gasteiger charge is -2.36. The molecule has 0 bridgehead atoms. The minimum Gasteiger partial charge on any atom is -0.444 e. The number of fused-ring (bicyclic) bond motifs is 1. The van der Waals surface area contributed by atoms with Crippen molar-refractivity contribution in [3.05, 3.63) is 54.1 Å². The summed E-state index contributed by atoms with van der Waals surface area (Å²) in [6.45, 7) is 7.74. The number of alkyl halides is 3. The van der Waals surface area contributed by atoms with Crippen LogP contribution < -0.4 is 15.5 Å². The van der Waals surface area contributed by atoms with Crippen molar-refractivity contribution in [2.24, 2.45) is 0 Å². The van der Waals surface area contributed by atoms with Crippen molar-refractivity contribution < 1.29 is 27.5 Å². The van der Waals surface area contributed by atoms with E-state index in [9.17, 15) is 22.8 Å². The Bertz CT molecular complexity index is 1440. The van der Waals surface area contributed by atoms with Crippen LogP contribution in [0.1, 0.15) is 32.8 Å². The number of piperazine rings is 1. The summed E-state index contributed by atoms with van der Waals surface area (Å²) >= 11 is 0. The van der Waals surface area contributed by atoms with Crippen molar-refractivity contribution in [1.29, 1.82) is 5.26 Å². The second-order valence-corrected chi connectivity index (χ2v) is 10.3. The first-order valence-electron chi connectivity index (χ1n) is 12.6. The van der Waals surface area contributed by atoms with Crippen molar-refractivity contribution in [2.75, 3.05) is 41.7 Å². The second kappa shape index (κ2) is 11.3. The molecule has 0 radical (unpaired) electrons. The highest BCUT2D eigenvalue weighted by Crippen LogP contribution is 2.37. The van der Waals surface area contributed by atoms with Crippen molar-refractivity contribution >= 4 is 45.8 Å². The summed E-state index contributed by atoms with van der Waals surface area (Å²) in [6, 6.07) is 13.8. The number of ether oxygens (including phenoxy) is 1. The summed E-state index contributed by atoms with van der Waals surface area (Å²) in [7, 11) is 0. The average Bonchev–Trinajstić information content (AvgIpc) is 2.87. The van der Waals surface area contributed by atoms with Crippen molar-refractivity contribution in [3.8, 4) is 6.07 Å². The van der Waals surface area contributed by atoms with Gasteiger partial charge in [-0.2, -0.15) is 18.4 Å². The zero-order valence-corrected chi connectivity index (χ0v) is 22.3. The number of amides is 2. The molecule has 1 aliphatic rings. The first-order chi connectivity index (χ1) is 18.8. The summed E-state index contributed by atoms with van der Waals surface area (Å²) in [5.74, 6) is -0.602. The molecule has 1 aromatic heterocycles. The molecule has 3 aromatic rings. The van der Waals surface area contributed by atoms with Gasteiger partial charge in [-0.15, -0.1) is 0 Å². The number of anilines is 4. The molecule has 1 fully saturated rings. The van der Waals surface area contributed by atoms with Gasteiger partial charge >= 0.3 is 12.3 Å². The van der Waals surface area contributed by atoms with Gasteiger partial charge < -0.3 is 25.2 Å². The summed E-state index contributed by atoms with van der Waals surface area (Å²) < 4.78 is 47.3. The van der Waals surface area contributed by atoms with Crippen LogP contribution in [0.2, 0.25) is 0 Å². The number of nitrogens with zero attached hydrogens (tertiary/aromatic N) is 4. The Morgan fingerprint density at radius 2 is 1.65 bits per heavy atom. The molecule has 0 spiro atoms. The molecule has 40 heavy (non-hydrogen) atoms. The molecule has 0 aliphatic carbocycles. The lowest BCUT2D eigenvalue weighted by molar-refractivity contribution is -0.136. The largest absolute Gasteiger partial charge is 0.444 e. The monoisotopic (exact) mass is 554 g/mol. The Hall–Kier alpha value is -4.53. The van der Waals surface area contributed by atoms with Crippen LogP contribution in [0.3, 0.4) is 0 Å². The molecular formula is C28H29F3N6O3. The Morgan fingerprint density at radius 1 is 1.00 bits per heavy atom. The number of halogens is 3. The zero-order valence-electron chi connectivity index (χ0n) is 22.3. The van der Waals surface area contributed by atoms with E-state index >= 15 is 0 Å². The number of hydrogen-bond donors (Lipinski definition) is 2. The third-order valence-corrected chi connectivity index (χ3v) is 6.07. The van der Waals surface area contributed by atoms with Crippen molar-refractivity contribution in [3.63, 3.8) is 0 Å². The van der Waals surface area contributed by atoms with Crippen LogP contribution in [0.4, 0.5) is 40.8 Å². The van der Waals surface area contributed by atoms with Crippen LogP contribution in [-0.4, -0.2) is 53.7 Å². The molecule has 1 saturated heterocycles. The van der Waals surface area contributed by atoms with Gasteiger partial charge in [0.2, 0.25) is 5.91 Å². The second-order valence-electron chi connectivity index (χ2n) is 10.3. The molecule has 4 rings (SSSR count). The number of carbonyl (C=O) groups excluding carboxylic acids is 2. The van der Waals surface area contributed by atoms with E-state index in [0.717, 1.165) is 11.8 Å². The third-order valence-electron chi connectivity index (χ3n) is 6.07. The molecule has 12 heteroatoms. The number of aromatic nitrogens is 1. The smallest absolute Gasteiger partial charge is 0.417 e. The number of nitrogens with one attached hydrogen (secondary N) is 2. The van der Waals surface area contributed by atoms with Gasteiger partial charge in [-0.05, 0) is 69.3 Å². The minimum absolute atomic E-state index is 0.0137. The third kappa shape index (κ3) is 7.11. The summed E-state index contributed by atoms with van der Waals surface area (Å²) in [5.41, 5.74) is 0.241. The fourth-order valence-corrected chi connectivity index (χ4v) is 4.26. The van der Waals surface area contributed by atoms with Gasteiger partial charge in [0.15, 0.2) is 0 Å². The molecule has 9 nitrogen and oxygen atoms in total. The Balaban J connectivity index is 1.47. The SMILES string of the molecule is CC(C)(C)OC(=O)N1CCN(c2ccc(Nc3cc(C(F)(F)F)c4cc(NC(=O)CC#N)ccc4n3)cc2)CC1. The Kier molecular flexibility index (Phi) is 8.04. The van der Waals surface area contributed by atoms with Gasteiger partial charge in [-0.25, -0.2) is 9.78 Å². The molecule has 1 aliphatic heterocycles. The highest BCUT2D eigenvalue weighted by atomic mass is 19.4. The first kappa shape index (κ1) is 28.5. The maximum atomic E-state index is 13.9. The van der Waals surface area contributed by atoms with E-state index in [0.29, 0.717) is 31.9 Å². The molecule has 0 unspecified atom stereocenters. The lowest BCUT2D eigenvalue weighted by Crippen LogP contribution is -2.50. The van der Waals surface area contributed by atoms with E-state index in [2.05, 4.69) is 20.5 Å². The molecule has 2 aromatic carbocycles. The number of carbonyl (C=O) groups is 2. The van der Waals surface area contributed by atoms with E-state index in [1.165, 1.54) is 18.2 Å². The van der Waals surface area contributed by atoms with E-state index in [4.69, 9.17) is 10.00 Å². The number of nitriles is 1. The van der Waals surface area contributed by atoms with Crippen molar-refractivity contribution in [1.82, 2.24) is 9.88 Å². The van der Waals surface area contributed by atoms with E-state index in [1.807, 2.05) is 32.9 Å². The van der Waals surface area contributed by atoms with E-state index < -0.39 is 29.7 Å². The van der Waals surface area contributed by atoms with Gasteiger partial charge in [-0.3, -0.25) is 4.79 Å². The molecule has 210 valence electrons. The molecule has 2 heterocycles. The molecule has 2 N–H and O–H groups in total. The molecule has 0 atom stereocenters. The van der Waals surface area contributed by atoms with Gasteiger partial charge in [0.1, 0.15) is 17.8 Å². The topological polar surface area (TPSA) is 111 Å². The zero-order chi connectivity index (χ0) is 29.1. The molecule has 2 amide bonds. The van der Waals surface area contributed by atoms with Gasteiger partial charge in [0.05, 0.1) is 17.1 Å². The standard InChI is InChI=1S/C28H29F3N6O3/c1-27(2,3)40-26(39)37-14-12-36(13-15-37)20-7-4-18(5-8-20)33-24-17-22(28(29,30)31)21-16-19(6-9-23(21)35-24)34-25(38)10-11-32/h4-9,16-17H,10,12-15H2,1-3H3,(H,33,35)(H,34,38). The van der Waals surface area contributed by atoms with Gasteiger partial charge in [-0.1, -0.05) is 0 Å². The predicted molar refractivity (Wildman–Crippen MR) is 145 cm³/mol. The van der Waals surface area contributed by atoms with Crippen LogP contribution in [0, 0.1) is 11.3 Å². The van der Waals surface area contributed by atoms with Crippen LogP contribution in [-0.2, 0) is 15.7 Å². The first-order valence-corrected chi connectivity index (χ1v) is 12.6. The lowest BCUT2D eigenvalue weighted by atomic mass is 10.1. The highest BCUT2D eigenvalue weighted by Gasteiger charge is 2.34. The van der Waals surface area contributed by atoms with Gasteiger partial charge in [0.25, 0.3) is 0 Å². The number of benzene rings is 2. The maximum absolute atomic E-state index is 13.9. The van der Waals surface area contributed by atoms with Gasteiger partial charge in [0, 0.05) is 48.6 Å². The van der Waals surface area contributed by atoms with Crippen LogP contribution in [0.25, 0.3) is 10.9 Å². The van der Waals surface area contributed by atoms with Crippen molar-refractivity contribution in [2.45, 2.75) is 39.0 Å². The highest BCUT2D eigenvalue weighted by molar-refractivity contribution is 5.95.